The Kier molecular flexibility index (Phi) is 7.87. The van der Waals surface area contributed by atoms with Crippen LogP contribution in [-0.4, -0.2) is 59.8 Å². The molecule has 0 heterocycles. The van der Waals surface area contributed by atoms with E-state index in [1.807, 2.05) is 0 Å². The second-order valence-electron chi connectivity index (χ2n) is 3.41. The Morgan fingerprint density at radius 3 is 1.38 bits per heavy atom. The fourth-order valence-corrected chi connectivity index (χ4v) is 5.34. The lowest BCUT2D eigenvalue weighted by atomic mass is 10.6. The lowest BCUT2D eigenvalue weighted by Gasteiger charge is -2.25. The van der Waals surface area contributed by atoms with E-state index in [4.69, 9.17) is 15.3 Å². The van der Waals surface area contributed by atoms with Crippen LogP contribution in [0.2, 0.25) is 0 Å². The van der Waals surface area contributed by atoms with Crippen LogP contribution in [0, 0.1) is 0 Å². The first-order valence-electron chi connectivity index (χ1n) is 4.92. The van der Waals surface area contributed by atoms with Gasteiger partial charge in [0, 0.05) is 7.26 Å². The van der Waals surface area contributed by atoms with E-state index in [1.165, 1.54) is 0 Å². The fourth-order valence-electron chi connectivity index (χ4n) is 1.78. The molecule has 13 heavy (non-hydrogen) atoms. The van der Waals surface area contributed by atoms with Crippen molar-refractivity contribution in [2.75, 3.05) is 44.5 Å². The molecule has 0 spiro atoms. The molecule has 3 nitrogen and oxygen atoms in total. The molecule has 0 aromatic heterocycles. The maximum Gasteiger partial charge on any atom is 0.0827 e. The van der Waals surface area contributed by atoms with Gasteiger partial charge >= 0.3 is 0 Å². The highest BCUT2D eigenvalue weighted by Gasteiger charge is 2.34. The zero-order valence-corrected chi connectivity index (χ0v) is 9.34. The zero-order valence-electron chi connectivity index (χ0n) is 8.45. The van der Waals surface area contributed by atoms with Gasteiger partial charge in [0.2, 0.25) is 0 Å². The third-order valence-electron chi connectivity index (χ3n) is 2.42. The van der Waals surface area contributed by atoms with Crippen LogP contribution >= 0.6 is 7.26 Å². The molecule has 0 saturated carbocycles. The first-order valence-corrected chi connectivity index (χ1v) is 7.45. The van der Waals surface area contributed by atoms with Gasteiger partial charge in [0.05, 0.1) is 44.5 Å². The summed E-state index contributed by atoms with van der Waals surface area (Å²) in [5.74, 6) is 0. The smallest absolute Gasteiger partial charge is 0.0827 e. The Bertz CT molecular complexity index is 89.9. The summed E-state index contributed by atoms with van der Waals surface area (Å²) in [7, 11) is -1.25. The SMILES string of the molecule is CCC[P+](CCO)(CCO)CCO. The average Bonchev–Trinajstić information content (AvgIpc) is 2.06. The normalized spacial score (nSPS) is 12.0. The quantitative estimate of drug-likeness (QED) is 0.507. The van der Waals surface area contributed by atoms with Crippen LogP contribution in [0.4, 0.5) is 0 Å². The molecule has 0 fully saturated rings. The summed E-state index contributed by atoms with van der Waals surface area (Å²) in [5, 5.41) is 26.8. The van der Waals surface area contributed by atoms with Crippen LogP contribution in [0.1, 0.15) is 13.3 Å². The lowest BCUT2D eigenvalue weighted by molar-refractivity contribution is 0.308. The van der Waals surface area contributed by atoms with Crippen LogP contribution in [0.5, 0.6) is 0 Å². The van der Waals surface area contributed by atoms with E-state index < -0.39 is 7.26 Å². The Morgan fingerprint density at radius 1 is 0.769 bits per heavy atom. The van der Waals surface area contributed by atoms with Gasteiger partial charge in [-0.05, 0) is 6.42 Å². The Balaban J connectivity index is 4.19. The summed E-state index contributed by atoms with van der Waals surface area (Å²) in [6.07, 6.45) is 4.54. The molecule has 4 heteroatoms. The molecule has 0 saturated heterocycles. The van der Waals surface area contributed by atoms with Crippen LogP contribution in [0.3, 0.4) is 0 Å². The van der Waals surface area contributed by atoms with Crippen LogP contribution < -0.4 is 0 Å². The van der Waals surface area contributed by atoms with E-state index in [2.05, 4.69) is 6.92 Å². The number of aliphatic hydroxyl groups is 3. The van der Waals surface area contributed by atoms with Crippen LogP contribution in [0.15, 0.2) is 0 Å². The van der Waals surface area contributed by atoms with Crippen molar-refractivity contribution < 1.29 is 15.3 Å². The zero-order chi connectivity index (χ0) is 10.2. The van der Waals surface area contributed by atoms with E-state index in [1.54, 1.807) is 0 Å². The molecule has 0 rings (SSSR count). The molecule has 80 valence electrons. The molecule has 0 aliphatic rings. The minimum Gasteiger partial charge on any atom is -0.393 e. The van der Waals surface area contributed by atoms with Gasteiger partial charge in [-0.2, -0.15) is 0 Å². The summed E-state index contributed by atoms with van der Waals surface area (Å²) >= 11 is 0. The predicted octanol–water partition coefficient (Wildman–Crippen LogP) is 0.391. The maximum absolute atomic E-state index is 8.95. The summed E-state index contributed by atoms with van der Waals surface area (Å²) in [6.45, 7) is 2.68. The predicted molar refractivity (Wildman–Crippen MR) is 57.9 cm³/mol. The summed E-state index contributed by atoms with van der Waals surface area (Å²) in [5.41, 5.74) is 0. The minimum atomic E-state index is -1.25. The highest BCUT2D eigenvalue weighted by atomic mass is 31.2. The van der Waals surface area contributed by atoms with Crippen LogP contribution in [0.25, 0.3) is 0 Å². The van der Waals surface area contributed by atoms with Crippen molar-refractivity contribution in [2.45, 2.75) is 13.3 Å². The Morgan fingerprint density at radius 2 is 1.15 bits per heavy atom. The highest BCUT2D eigenvalue weighted by Crippen LogP contribution is 2.57. The minimum absolute atomic E-state index is 0.188. The third-order valence-corrected chi connectivity index (χ3v) is 7.26. The molecule has 0 aliphatic carbocycles. The number of hydrogen-bond donors (Lipinski definition) is 3. The van der Waals surface area contributed by atoms with E-state index in [9.17, 15) is 0 Å². The molecular formula is C9H22O3P+. The van der Waals surface area contributed by atoms with Gasteiger partial charge in [-0.3, -0.25) is 0 Å². The highest BCUT2D eigenvalue weighted by molar-refractivity contribution is 7.75. The van der Waals surface area contributed by atoms with Crippen molar-refractivity contribution in [2.24, 2.45) is 0 Å². The number of hydrogen-bond acceptors (Lipinski definition) is 3. The van der Waals surface area contributed by atoms with E-state index in [-0.39, 0.29) is 19.8 Å². The van der Waals surface area contributed by atoms with Gasteiger partial charge in [0.25, 0.3) is 0 Å². The molecule has 0 atom stereocenters. The first kappa shape index (κ1) is 13.3. The molecule has 0 radical (unpaired) electrons. The van der Waals surface area contributed by atoms with Crippen molar-refractivity contribution in [3.05, 3.63) is 0 Å². The molecule has 0 aliphatic heterocycles. The monoisotopic (exact) mass is 209 g/mol. The fraction of sp³-hybridized carbons (Fsp3) is 1.00. The summed E-state index contributed by atoms with van der Waals surface area (Å²) < 4.78 is 0. The summed E-state index contributed by atoms with van der Waals surface area (Å²) in [6, 6.07) is 0. The molecule has 3 N–H and O–H groups in total. The second-order valence-corrected chi connectivity index (χ2v) is 7.88. The molecule has 0 bridgehead atoms. The van der Waals surface area contributed by atoms with Gasteiger partial charge in [-0.1, -0.05) is 6.92 Å². The Hall–Kier alpha value is 0.310. The van der Waals surface area contributed by atoms with Crippen LogP contribution in [-0.2, 0) is 0 Å². The van der Waals surface area contributed by atoms with Gasteiger partial charge in [-0.25, -0.2) is 0 Å². The van der Waals surface area contributed by atoms with Gasteiger partial charge in [-0.15, -0.1) is 0 Å². The molecule has 0 amide bonds. The topological polar surface area (TPSA) is 60.7 Å². The maximum atomic E-state index is 8.95. The first-order chi connectivity index (χ1) is 6.24. The number of aliphatic hydroxyl groups excluding tert-OH is 3. The van der Waals surface area contributed by atoms with Crippen molar-refractivity contribution in [1.82, 2.24) is 0 Å². The number of rotatable bonds is 8. The van der Waals surface area contributed by atoms with Crippen molar-refractivity contribution in [1.29, 1.82) is 0 Å². The van der Waals surface area contributed by atoms with Gasteiger partial charge in [0.1, 0.15) is 0 Å². The van der Waals surface area contributed by atoms with E-state index in [0.29, 0.717) is 0 Å². The van der Waals surface area contributed by atoms with Crippen molar-refractivity contribution in [3.8, 4) is 0 Å². The van der Waals surface area contributed by atoms with E-state index >= 15 is 0 Å². The lowest BCUT2D eigenvalue weighted by Crippen LogP contribution is -2.17. The van der Waals surface area contributed by atoms with Gasteiger partial charge in [0.15, 0.2) is 0 Å². The molecule has 0 unspecified atom stereocenters. The van der Waals surface area contributed by atoms with E-state index in [0.717, 1.165) is 31.1 Å². The third kappa shape index (κ3) is 4.92. The van der Waals surface area contributed by atoms with Gasteiger partial charge < -0.3 is 15.3 Å². The Labute approximate surface area is 81.1 Å². The largest absolute Gasteiger partial charge is 0.393 e. The average molecular weight is 209 g/mol. The summed E-state index contributed by atoms with van der Waals surface area (Å²) in [4.78, 5) is 0. The van der Waals surface area contributed by atoms with Crippen molar-refractivity contribution >= 4 is 7.26 Å². The second kappa shape index (κ2) is 7.69. The molecular weight excluding hydrogens is 187 g/mol. The van der Waals surface area contributed by atoms with Crippen molar-refractivity contribution in [3.63, 3.8) is 0 Å². The molecule has 0 aromatic carbocycles. The molecule has 0 aromatic rings. The standard InChI is InChI=1S/C9H22O3P/c1-2-6-13(7-3-10,8-4-11)9-5-12/h10-12H,2-9H2,1H3/q+1.